The van der Waals surface area contributed by atoms with Crippen LogP contribution >= 0.6 is 23.2 Å². The van der Waals surface area contributed by atoms with Crippen molar-refractivity contribution in [2.45, 2.75) is 12.5 Å². The van der Waals surface area contributed by atoms with Crippen LogP contribution in [-0.4, -0.2) is 55.8 Å². The van der Waals surface area contributed by atoms with Crippen molar-refractivity contribution in [2.75, 3.05) is 19.0 Å². The summed E-state index contributed by atoms with van der Waals surface area (Å²) in [5, 5.41) is 17.4. The minimum atomic E-state index is -0.575. The van der Waals surface area contributed by atoms with Crippen LogP contribution in [0.15, 0.2) is 54.9 Å². The molecule has 0 bridgehead atoms. The van der Waals surface area contributed by atoms with Gasteiger partial charge in [-0.3, -0.25) is 10.1 Å². The molecule has 0 spiro atoms. The lowest BCUT2D eigenvalue weighted by atomic mass is 10.1. The van der Waals surface area contributed by atoms with E-state index in [4.69, 9.17) is 28.9 Å². The second-order valence-electron chi connectivity index (χ2n) is 7.91. The fraction of sp³-hybridized carbons (Fsp3) is 0.167. The van der Waals surface area contributed by atoms with E-state index in [9.17, 15) is 9.59 Å². The summed E-state index contributed by atoms with van der Waals surface area (Å²) >= 11 is 12.6. The maximum atomic E-state index is 12.8. The molecule has 4 rings (SSSR count). The number of nitrogens with two attached hydrogens (primary N) is 1. The van der Waals surface area contributed by atoms with E-state index in [0.717, 1.165) is 0 Å². The van der Waals surface area contributed by atoms with Gasteiger partial charge >= 0.3 is 6.09 Å². The Kier molecular flexibility index (Phi) is 8.69. The van der Waals surface area contributed by atoms with E-state index >= 15 is 0 Å². The number of rotatable bonds is 9. The molecule has 196 valence electrons. The number of nitrogens with zero attached hydrogens (tertiary/aromatic N) is 5. The van der Waals surface area contributed by atoms with E-state index in [2.05, 4.69) is 40.9 Å². The molecule has 1 atom stereocenters. The van der Waals surface area contributed by atoms with Crippen molar-refractivity contribution >= 4 is 47.0 Å². The Bertz CT molecular complexity index is 1440. The highest BCUT2D eigenvalue weighted by Crippen LogP contribution is 2.29. The number of ether oxygens (including phenoxy) is 1. The Hall–Kier alpha value is -4.26. The molecule has 5 N–H and O–H groups in total. The zero-order chi connectivity index (χ0) is 27.1. The van der Waals surface area contributed by atoms with Crippen LogP contribution in [0.1, 0.15) is 23.9 Å². The van der Waals surface area contributed by atoms with Gasteiger partial charge in [0.25, 0.3) is 0 Å². The average Bonchev–Trinajstić information content (AvgIpc) is 3.58. The van der Waals surface area contributed by atoms with E-state index in [1.54, 1.807) is 48.5 Å². The average molecular weight is 556 g/mol. The van der Waals surface area contributed by atoms with Crippen molar-refractivity contribution in [3.63, 3.8) is 0 Å². The molecule has 0 aliphatic rings. The number of amides is 2. The number of carbonyl (C=O) groups excluding carboxylic acids is 2. The molecule has 0 saturated heterocycles. The highest BCUT2D eigenvalue weighted by molar-refractivity contribution is 6.32. The third-order valence-corrected chi connectivity index (χ3v) is 5.88. The molecule has 0 unspecified atom stereocenters. The van der Waals surface area contributed by atoms with Crippen molar-refractivity contribution in [1.82, 2.24) is 35.5 Å². The number of aromatic nitrogens is 6. The number of tetrazole rings is 1. The van der Waals surface area contributed by atoms with Crippen molar-refractivity contribution < 1.29 is 14.3 Å². The van der Waals surface area contributed by atoms with Crippen LogP contribution in [0.4, 0.5) is 10.5 Å². The van der Waals surface area contributed by atoms with Gasteiger partial charge in [-0.2, -0.15) is 4.68 Å². The quantitative estimate of drug-likeness (QED) is 0.226. The molecule has 0 saturated carbocycles. The summed E-state index contributed by atoms with van der Waals surface area (Å²) in [5.41, 5.74) is 8.84. The predicted octanol–water partition coefficient (Wildman–Crippen LogP) is 3.76. The standard InChI is InChI=1S/C24H23Cl2N9O3/c1-38-24(37)29-17-6-2-14(3-7-17)21-22(26)32-23(31-21)18(10-11-27)30-20(36)9-4-15-12-16(25)5-8-19(15)35-13-28-33-34-35/h2-9,12-13,18H,10-11,27H2,1H3,(H,29,37)(H,30,36)(H,31,32)/t18-/m0/s1. The molecule has 2 amide bonds. The summed E-state index contributed by atoms with van der Waals surface area (Å²) < 4.78 is 6.06. The molecule has 2 aromatic heterocycles. The third-order valence-electron chi connectivity index (χ3n) is 5.37. The van der Waals surface area contributed by atoms with Crippen LogP contribution < -0.4 is 16.4 Å². The monoisotopic (exact) mass is 555 g/mol. The number of anilines is 1. The molecular formula is C24H23Cl2N9O3. The molecule has 0 aliphatic heterocycles. The summed E-state index contributed by atoms with van der Waals surface area (Å²) in [6.45, 7) is 0.300. The Balaban J connectivity index is 1.50. The highest BCUT2D eigenvalue weighted by atomic mass is 35.5. The van der Waals surface area contributed by atoms with Crippen LogP contribution in [-0.2, 0) is 9.53 Å². The van der Waals surface area contributed by atoms with Crippen molar-refractivity contribution in [1.29, 1.82) is 0 Å². The first-order valence-electron chi connectivity index (χ1n) is 11.3. The van der Waals surface area contributed by atoms with E-state index < -0.39 is 12.1 Å². The smallest absolute Gasteiger partial charge is 0.411 e. The lowest BCUT2D eigenvalue weighted by Gasteiger charge is -2.14. The first-order chi connectivity index (χ1) is 18.4. The molecule has 0 radical (unpaired) electrons. The second kappa shape index (κ2) is 12.3. The summed E-state index contributed by atoms with van der Waals surface area (Å²) in [6.07, 6.45) is 4.27. The normalized spacial score (nSPS) is 11.9. The summed E-state index contributed by atoms with van der Waals surface area (Å²) in [5.74, 6) is 0.0736. The van der Waals surface area contributed by atoms with Gasteiger partial charge in [-0.25, -0.2) is 9.78 Å². The highest BCUT2D eigenvalue weighted by Gasteiger charge is 2.20. The van der Waals surface area contributed by atoms with Crippen LogP contribution in [0.5, 0.6) is 0 Å². The van der Waals surface area contributed by atoms with Crippen LogP contribution in [0.25, 0.3) is 23.0 Å². The van der Waals surface area contributed by atoms with Gasteiger partial charge in [-0.05, 0) is 59.8 Å². The molecule has 2 heterocycles. The molecule has 0 fully saturated rings. The maximum absolute atomic E-state index is 12.8. The largest absolute Gasteiger partial charge is 0.453 e. The van der Waals surface area contributed by atoms with E-state index in [1.807, 2.05) is 0 Å². The minimum Gasteiger partial charge on any atom is -0.453 e. The Labute approximate surface area is 227 Å². The Morgan fingerprint density at radius 1 is 1.21 bits per heavy atom. The van der Waals surface area contributed by atoms with Gasteiger partial charge < -0.3 is 20.8 Å². The fourth-order valence-corrected chi connectivity index (χ4v) is 4.00. The van der Waals surface area contributed by atoms with E-state index in [0.29, 0.717) is 57.2 Å². The summed E-state index contributed by atoms with van der Waals surface area (Å²) in [6, 6.07) is 11.5. The van der Waals surface area contributed by atoms with Gasteiger partial charge in [-0.1, -0.05) is 35.3 Å². The predicted molar refractivity (Wildman–Crippen MR) is 143 cm³/mol. The van der Waals surface area contributed by atoms with Gasteiger partial charge in [0, 0.05) is 27.9 Å². The topological polar surface area (TPSA) is 166 Å². The Morgan fingerprint density at radius 3 is 2.68 bits per heavy atom. The van der Waals surface area contributed by atoms with Gasteiger partial charge in [-0.15, -0.1) is 5.10 Å². The maximum Gasteiger partial charge on any atom is 0.411 e. The lowest BCUT2D eigenvalue weighted by Crippen LogP contribution is -2.29. The fourth-order valence-electron chi connectivity index (χ4n) is 3.57. The molecule has 38 heavy (non-hydrogen) atoms. The second-order valence-corrected chi connectivity index (χ2v) is 8.72. The molecule has 14 heteroatoms. The van der Waals surface area contributed by atoms with E-state index in [-0.39, 0.29) is 5.91 Å². The summed E-state index contributed by atoms with van der Waals surface area (Å²) in [7, 11) is 1.28. The van der Waals surface area contributed by atoms with Crippen LogP contribution in [0.3, 0.4) is 0 Å². The number of nitrogens with one attached hydrogen (secondary N) is 3. The number of hydrogen-bond acceptors (Lipinski definition) is 8. The van der Waals surface area contributed by atoms with Crippen molar-refractivity contribution in [3.8, 4) is 16.9 Å². The van der Waals surface area contributed by atoms with Crippen molar-refractivity contribution in [2.24, 2.45) is 5.73 Å². The van der Waals surface area contributed by atoms with Gasteiger partial charge in [0.1, 0.15) is 23.0 Å². The number of imidazole rings is 1. The Morgan fingerprint density at radius 2 is 2.00 bits per heavy atom. The number of aromatic amines is 1. The number of methoxy groups -OCH3 is 1. The number of carbonyl (C=O) groups is 2. The first kappa shape index (κ1) is 26.8. The molecule has 2 aromatic carbocycles. The molecule has 0 aliphatic carbocycles. The van der Waals surface area contributed by atoms with Gasteiger partial charge in [0.15, 0.2) is 0 Å². The SMILES string of the molecule is COC(=O)Nc1ccc(-c2nc([C@H](CCN)NC(=O)C=Cc3cc(Cl)ccc3-n3cnnn3)[nH]c2Cl)cc1. The van der Waals surface area contributed by atoms with E-state index in [1.165, 1.54) is 24.2 Å². The molecule has 4 aromatic rings. The number of H-pyrrole nitrogens is 1. The number of hydrogen-bond donors (Lipinski definition) is 4. The summed E-state index contributed by atoms with van der Waals surface area (Å²) in [4.78, 5) is 31.9. The molecular weight excluding hydrogens is 533 g/mol. The first-order valence-corrected chi connectivity index (χ1v) is 12.1. The zero-order valence-corrected chi connectivity index (χ0v) is 21.6. The van der Waals surface area contributed by atoms with Crippen LogP contribution in [0, 0.1) is 0 Å². The van der Waals surface area contributed by atoms with Crippen molar-refractivity contribution in [3.05, 3.63) is 76.4 Å². The number of halogens is 2. The minimum absolute atomic E-state index is 0.297. The number of benzene rings is 2. The zero-order valence-electron chi connectivity index (χ0n) is 20.1. The molecule has 12 nitrogen and oxygen atoms in total. The lowest BCUT2D eigenvalue weighted by molar-refractivity contribution is -0.117. The van der Waals surface area contributed by atoms with Gasteiger partial charge in [0.05, 0.1) is 18.8 Å². The van der Waals surface area contributed by atoms with Gasteiger partial charge in [0.2, 0.25) is 5.91 Å². The van der Waals surface area contributed by atoms with Crippen LogP contribution in [0.2, 0.25) is 10.2 Å². The third kappa shape index (κ3) is 6.54.